The van der Waals surface area contributed by atoms with Gasteiger partial charge in [-0.15, -0.1) is 0 Å². The molecule has 0 spiro atoms. The number of nitro benzene ring substituents is 1. The normalized spacial score (nSPS) is 13.3. The Morgan fingerprint density at radius 2 is 2.00 bits per heavy atom. The maximum absolute atomic E-state index is 13.4. The molecule has 0 fully saturated rings. The first-order chi connectivity index (χ1) is 14.3. The van der Waals surface area contributed by atoms with E-state index in [1.807, 2.05) is 37.2 Å². The highest BCUT2D eigenvalue weighted by Gasteiger charge is 2.22. The second kappa shape index (κ2) is 8.87. The molecule has 3 rings (SSSR count). The van der Waals surface area contributed by atoms with E-state index in [9.17, 15) is 24.1 Å². The number of likely N-dealkylation sites (N-methyl/N-ethyl adjacent to an activating group) is 1. The zero-order chi connectivity index (χ0) is 21.8. The summed E-state index contributed by atoms with van der Waals surface area (Å²) in [4.78, 5) is 36.2. The molecule has 1 atom stereocenters. The number of hydrogen-bond donors (Lipinski definition) is 2. The molecule has 0 radical (unpaired) electrons. The van der Waals surface area contributed by atoms with Crippen LogP contribution < -0.4 is 15.4 Å². The van der Waals surface area contributed by atoms with Crippen molar-refractivity contribution in [3.63, 3.8) is 0 Å². The molecule has 9 nitrogen and oxygen atoms in total. The Hall–Kier alpha value is -3.53. The Morgan fingerprint density at radius 3 is 2.70 bits per heavy atom. The SMILES string of the molecule is CN(C)C(CNC(=O)C(=O)Nc1ccc(F)c([N+](=O)[O-])c1)c1ccc2c(c1)CCO2. The number of amides is 2. The second-order valence-electron chi connectivity index (χ2n) is 7.03. The van der Waals surface area contributed by atoms with Crippen molar-refractivity contribution in [2.24, 2.45) is 0 Å². The summed E-state index contributed by atoms with van der Waals surface area (Å²) >= 11 is 0. The van der Waals surface area contributed by atoms with Crippen LogP contribution >= 0.6 is 0 Å². The molecule has 1 unspecified atom stereocenters. The molecule has 0 bridgehead atoms. The number of hydrogen-bond acceptors (Lipinski definition) is 6. The van der Waals surface area contributed by atoms with Crippen molar-refractivity contribution in [3.8, 4) is 5.75 Å². The van der Waals surface area contributed by atoms with E-state index in [-0.39, 0.29) is 18.3 Å². The molecule has 2 amide bonds. The van der Waals surface area contributed by atoms with Gasteiger partial charge in [-0.2, -0.15) is 4.39 Å². The summed E-state index contributed by atoms with van der Waals surface area (Å²) in [5, 5.41) is 15.6. The number of nitrogens with zero attached hydrogens (tertiary/aromatic N) is 2. The van der Waals surface area contributed by atoms with Gasteiger partial charge in [0.05, 0.1) is 17.6 Å². The lowest BCUT2D eigenvalue weighted by Gasteiger charge is -2.25. The van der Waals surface area contributed by atoms with Crippen molar-refractivity contribution >= 4 is 23.2 Å². The van der Waals surface area contributed by atoms with Crippen LogP contribution in [0.2, 0.25) is 0 Å². The highest BCUT2D eigenvalue weighted by atomic mass is 19.1. The van der Waals surface area contributed by atoms with E-state index in [0.29, 0.717) is 6.61 Å². The van der Waals surface area contributed by atoms with Crippen LogP contribution in [0.1, 0.15) is 17.2 Å². The lowest BCUT2D eigenvalue weighted by molar-refractivity contribution is -0.387. The van der Waals surface area contributed by atoms with Gasteiger partial charge in [-0.3, -0.25) is 19.7 Å². The topological polar surface area (TPSA) is 114 Å². The molecule has 1 heterocycles. The molecular weight excluding hydrogens is 395 g/mol. The van der Waals surface area contributed by atoms with E-state index in [2.05, 4.69) is 10.6 Å². The Labute approximate surface area is 172 Å². The van der Waals surface area contributed by atoms with Gasteiger partial charge < -0.3 is 20.3 Å². The Kier molecular flexibility index (Phi) is 6.26. The molecule has 2 N–H and O–H groups in total. The van der Waals surface area contributed by atoms with E-state index in [1.54, 1.807) is 0 Å². The van der Waals surface area contributed by atoms with E-state index >= 15 is 0 Å². The van der Waals surface area contributed by atoms with E-state index in [1.165, 1.54) is 0 Å². The molecule has 0 aliphatic carbocycles. The number of fused-ring (bicyclic) bond motifs is 1. The summed E-state index contributed by atoms with van der Waals surface area (Å²) in [6.45, 7) is 0.812. The van der Waals surface area contributed by atoms with E-state index in [4.69, 9.17) is 4.74 Å². The van der Waals surface area contributed by atoms with Gasteiger partial charge in [0.2, 0.25) is 5.82 Å². The highest BCUT2D eigenvalue weighted by Crippen LogP contribution is 2.29. The van der Waals surface area contributed by atoms with Crippen molar-refractivity contribution < 1.29 is 23.6 Å². The van der Waals surface area contributed by atoms with Crippen molar-refractivity contribution in [2.75, 3.05) is 32.6 Å². The minimum atomic E-state index is -1.03. The Morgan fingerprint density at radius 1 is 1.23 bits per heavy atom. The number of carbonyl (C=O) groups excluding carboxylic acids is 2. The van der Waals surface area contributed by atoms with Crippen LogP contribution in [0.15, 0.2) is 36.4 Å². The Balaban J connectivity index is 1.63. The minimum absolute atomic E-state index is 0.0500. The van der Waals surface area contributed by atoms with Crippen molar-refractivity contribution in [1.82, 2.24) is 10.2 Å². The number of nitrogens with one attached hydrogen (secondary N) is 2. The summed E-state index contributed by atoms with van der Waals surface area (Å²) in [5.41, 5.74) is 1.23. The first-order valence-electron chi connectivity index (χ1n) is 9.21. The third-order valence-electron chi connectivity index (χ3n) is 4.78. The third-order valence-corrected chi connectivity index (χ3v) is 4.78. The van der Waals surface area contributed by atoms with Crippen LogP contribution in [-0.2, 0) is 16.0 Å². The summed E-state index contributed by atoms with van der Waals surface area (Å²) in [7, 11) is 3.72. The summed E-state index contributed by atoms with van der Waals surface area (Å²) in [6, 6.07) is 8.50. The van der Waals surface area contributed by atoms with Gasteiger partial charge in [0.15, 0.2) is 0 Å². The Bertz CT molecular complexity index is 995. The smallest absolute Gasteiger partial charge is 0.313 e. The number of ether oxygens (including phenoxy) is 1. The fourth-order valence-electron chi connectivity index (χ4n) is 3.20. The maximum Gasteiger partial charge on any atom is 0.313 e. The van der Waals surface area contributed by atoms with E-state index in [0.717, 1.165) is 41.5 Å². The molecule has 2 aromatic carbocycles. The minimum Gasteiger partial charge on any atom is -0.493 e. The van der Waals surface area contributed by atoms with Gasteiger partial charge in [-0.05, 0) is 43.4 Å². The lowest BCUT2D eigenvalue weighted by atomic mass is 10.0. The fourth-order valence-corrected chi connectivity index (χ4v) is 3.20. The van der Waals surface area contributed by atoms with E-state index < -0.39 is 28.2 Å². The first-order valence-corrected chi connectivity index (χ1v) is 9.21. The van der Waals surface area contributed by atoms with Crippen molar-refractivity contribution in [2.45, 2.75) is 12.5 Å². The summed E-state index contributed by atoms with van der Waals surface area (Å²) in [6.07, 6.45) is 0.821. The highest BCUT2D eigenvalue weighted by molar-refractivity contribution is 6.39. The molecule has 1 aliphatic rings. The predicted molar refractivity (Wildman–Crippen MR) is 107 cm³/mol. The number of nitro groups is 1. The monoisotopic (exact) mass is 416 g/mol. The van der Waals surface area contributed by atoms with Crippen LogP contribution in [0.25, 0.3) is 0 Å². The summed E-state index contributed by atoms with van der Waals surface area (Å²) in [5.74, 6) is -2.09. The number of rotatable bonds is 6. The molecular formula is C20H21FN4O5. The maximum atomic E-state index is 13.4. The number of anilines is 1. The van der Waals surface area contributed by atoms with Gasteiger partial charge in [0, 0.05) is 24.7 Å². The van der Waals surface area contributed by atoms with Gasteiger partial charge >= 0.3 is 17.5 Å². The molecule has 0 saturated heterocycles. The summed E-state index contributed by atoms with van der Waals surface area (Å²) < 4.78 is 18.9. The molecule has 30 heavy (non-hydrogen) atoms. The molecule has 10 heteroatoms. The fraction of sp³-hybridized carbons (Fsp3) is 0.300. The van der Waals surface area contributed by atoms with Crippen molar-refractivity contribution in [1.29, 1.82) is 0 Å². The third kappa shape index (κ3) is 4.71. The van der Waals surface area contributed by atoms with Gasteiger partial charge in [0.25, 0.3) is 0 Å². The largest absolute Gasteiger partial charge is 0.493 e. The van der Waals surface area contributed by atoms with Crippen LogP contribution in [-0.4, -0.2) is 48.9 Å². The second-order valence-corrected chi connectivity index (χ2v) is 7.03. The average molecular weight is 416 g/mol. The number of halogens is 1. The first kappa shape index (κ1) is 21.2. The average Bonchev–Trinajstić information content (AvgIpc) is 3.16. The zero-order valence-corrected chi connectivity index (χ0v) is 16.5. The molecule has 2 aromatic rings. The molecule has 0 aromatic heterocycles. The van der Waals surface area contributed by atoms with Crippen LogP contribution in [0.3, 0.4) is 0 Å². The quantitative estimate of drug-likeness (QED) is 0.423. The molecule has 0 saturated carbocycles. The number of benzene rings is 2. The van der Waals surface area contributed by atoms with Gasteiger partial charge in [0.1, 0.15) is 5.75 Å². The number of carbonyl (C=O) groups is 2. The molecule has 1 aliphatic heterocycles. The molecule has 158 valence electrons. The zero-order valence-electron chi connectivity index (χ0n) is 16.5. The standard InChI is InChI=1S/C20H21FN4O5/c1-24(2)17(12-3-6-18-13(9-12)7-8-30-18)11-22-19(26)20(27)23-14-4-5-15(21)16(10-14)25(28)29/h3-6,9-10,17H,7-8,11H2,1-2H3,(H,22,26)(H,23,27). The van der Waals surface area contributed by atoms with Gasteiger partial charge in [-0.25, -0.2) is 0 Å². The van der Waals surface area contributed by atoms with Gasteiger partial charge in [-0.1, -0.05) is 12.1 Å². The van der Waals surface area contributed by atoms with Crippen LogP contribution in [0, 0.1) is 15.9 Å². The lowest BCUT2D eigenvalue weighted by Crippen LogP contribution is -2.40. The van der Waals surface area contributed by atoms with Crippen LogP contribution in [0.4, 0.5) is 15.8 Å². The van der Waals surface area contributed by atoms with Crippen molar-refractivity contribution in [3.05, 3.63) is 63.5 Å². The predicted octanol–water partition coefficient (Wildman–Crippen LogP) is 2.03. The van der Waals surface area contributed by atoms with Crippen LogP contribution in [0.5, 0.6) is 5.75 Å².